The molecule has 0 aliphatic heterocycles. The molecular weight excluding hydrogens is 489 g/mol. The molecule has 5 rings (SSSR count). The fraction of sp³-hybridized carbons (Fsp3) is 0.0357. The Morgan fingerprint density at radius 2 is 1.63 bits per heavy atom. The summed E-state index contributed by atoms with van der Waals surface area (Å²) in [6, 6.07) is 19.9. The van der Waals surface area contributed by atoms with Crippen molar-refractivity contribution in [3.05, 3.63) is 119 Å². The number of rotatable bonds is 6. The second kappa shape index (κ2) is 10.3. The minimum absolute atomic E-state index is 0.103. The van der Waals surface area contributed by atoms with Crippen LogP contribution in [0.4, 0.5) is 10.1 Å². The molecule has 0 aliphatic carbocycles. The maximum atomic E-state index is 13.5. The van der Waals surface area contributed by atoms with Gasteiger partial charge in [-0.1, -0.05) is 0 Å². The third kappa shape index (κ3) is 4.96. The summed E-state index contributed by atoms with van der Waals surface area (Å²) in [5.74, 6) is -0.517. The van der Waals surface area contributed by atoms with Gasteiger partial charge in [-0.25, -0.2) is 9.37 Å². The number of anilines is 1. The van der Waals surface area contributed by atoms with E-state index in [1.165, 1.54) is 60.4 Å². The molecule has 0 fully saturated rings. The molecule has 9 nitrogen and oxygen atoms in total. The van der Waals surface area contributed by atoms with Crippen molar-refractivity contribution in [3.8, 4) is 17.2 Å². The van der Waals surface area contributed by atoms with E-state index in [0.717, 1.165) is 0 Å². The minimum Gasteiger partial charge on any atom is -0.457 e. The van der Waals surface area contributed by atoms with E-state index in [9.17, 15) is 18.8 Å². The van der Waals surface area contributed by atoms with Crippen LogP contribution in [0.3, 0.4) is 0 Å². The van der Waals surface area contributed by atoms with Gasteiger partial charge in [0.25, 0.3) is 17.4 Å². The molecule has 0 saturated carbocycles. The van der Waals surface area contributed by atoms with Gasteiger partial charge < -0.3 is 15.4 Å². The van der Waals surface area contributed by atoms with Gasteiger partial charge in [-0.15, -0.1) is 0 Å². The predicted molar refractivity (Wildman–Crippen MR) is 139 cm³/mol. The van der Waals surface area contributed by atoms with Gasteiger partial charge in [-0.2, -0.15) is 0 Å². The van der Waals surface area contributed by atoms with Crippen LogP contribution in [0.15, 0.2) is 96.1 Å². The van der Waals surface area contributed by atoms with Gasteiger partial charge >= 0.3 is 0 Å². The highest BCUT2D eigenvalue weighted by atomic mass is 19.1. The Hall–Kier alpha value is -5.38. The van der Waals surface area contributed by atoms with Crippen molar-refractivity contribution in [3.63, 3.8) is 0 Å². The van der Waals surface area contributed by atoms with Crippen molar-refractivity contribution in [1.29, 1.82) is 0 Å². The molecule has 3 aromatic heterocycles. The first-order valence-corrected chi connectivity index (χ1v) is 11.5. The summed E-state index contributed by atoms with van der Waals surface area (Å²) in [4.78, 5) is 46.6. The Kier molecular flexibility index (Phi) is 6.60. The standard InChI is InChI=1S/C28H20FN5O4/c1-30-27(36)24-16-22(12-14-31-24)38-21-10-6-19(7-11-21)33-26(35)23-15-17-3-2-13-32-25(17)34(28(23)37)20-8-4-18(29)5-9-20/h2-16H,1H3,(H,30,36)(H,33,35). The smallest absolute Gasteiger partial charge is 0.269 e. The van der Waals surface area contributed by atoms with Crippen LogP contribution in [0.2, 0.25) is 0 Å². The van der Waals surface area contributed by atoms with Gasteiger partial charge in [0.2, 0.25) is 0 Å². The fourth-order valence-electron chi connectivity index (χ4n) is 3.80. The first-order chi connectivity index (χ1) is 18.4. The van der Waals surface area contributed by atoms with Crippen LogP contribution in [0.5, 0.6) is 11.5 Å². The first-order valence-electron chi connectivity index (χ1n) is 11.5. The zero-order valence-electron chi connectivity index (χ0n) is 20.0. The molecule has 5 aromatic rings. The zero-order chi connectivity index (χ0) is 26.6. The van der Waals surface area contributed by atoms with E-state index in [1.807, 2.05) is 0 Å². The highest BCUT2D eigenvalue weighted by molar-refractivity contribution is 6.05. The molecule has 0 unspecified atom stereocenters. The number of pyridine rings is 3. The lowest BCUT2D eigenvalue weighted by Gasteiger charge is -2.13. The lowest BCUT2D eigenvalue weighted by atomic mass is 10.1. The first kappa shape index (κ1) is 24.3. The molecule has 0 atom stereocenters. The topological polar surface area (TPSA) is 115 Å². The Morgan fingerprint density at radius 1 is 0.868 bits per heavy atom. The van der Waals surface area contributed by atoms with Gasteiger partial charge in [-0.05, 0) is 72.8 Å². The Labute approximate surface area is 215 Å². The number of nitrogens with zero attached hydrogens (tertiary/aromatic N) is 3. The molecule has 2 amide bonds. The predicted octanol–water partition coefficient (Wildman–Crippen LogP) is 4.32. The Bertz CT molecular complexity index is 1720. The molecule has 3 heterocycles. The fourth-order valence-corrected chi connectivity index (χ4v) is 3.80. The van der Waals surface area contributed by atoms with Gasteiger partial charge in [-0.3, -0.25) is 23.9 Å². The summed E-state index contributed by atoms with van der Waals surface area (Å²) in [6.45, 7) is 0. The van der Waals surface area contributed by atoms with Crippen LogP contribution >= 0.6 is 0 Å². The molecule has 0 aliphatic rings. The molecule has 38 heavy (non-hydrogen) atoms. The van der Waals surface area contributed by atoms with Crippen molar-refractivity contribution in [2.75, 3.05) is 12.4 Å². The Morgan fingerprint density at radius 3 is 2.37 bits per heavy atom. The van der Waals surface area contributed by atoms with Gasteiger partial charge in [0.05, 0.1) is 5.69 Å². The highest BCUT2D eigenvalue weighted by Crippen LogP contribution is 2.24. The monoisotopic (exact) mass is 509 g/mol. The summed E-state index contributed by atoms with van der Waals surface area (Å²) in [6.07, 6.45) is 3.00. The maximum absolute atomic E-state index is 13.5. The number of amides is 2. The summed E-state index contributed by atoms with van der Waals surface area (Å²) < 4.78 is 20.5. The second-order valence-electron chi connectivity index (χ2n) is 8.13. The third-order valence-corrected chi connectivity index (χ3v) is 5.63. The average Bonchev–Trinajstić information content (AvgIpc) is 2.94. The van der Waals surface area contributed by atoms with Crippen LogP contribution in [0.1, 0.15) is 20.8 Å². The van der Waals surface area contributed by atoms with Crippen molar-refractivity contribution in [1.82, 2.24) is 19.9 Å². The van der Waals surface area contributed by atoms with Gasteiger partial charge in [0, 0.05) is 36.6 Å². The van der Waals surface area contributed by atoms with Crippen molar-refractivity contribution >= 4 is 28.5 Å². The summed E-state index contributed by atoms with van der Waals surface area (Å²) in [5, 5.41) is 5.79. The molecule has 0 saturated heterocycles. The van der Waals surface area contributed by atoms with E-state index in [1.54, 1.807) is 42.5 Å². The third-order valence-electron chi connectivity index (χ3n) is 5.63. The largest absolute Gasteiger partial charge is 0.457 e. The molecule has 0 bridgehead atoms. The number of nitrogens with one attached hydrogen (secondary N) is 2. The van der Waals surface area contributed by atoms with Crippen molar-refractivity contribution < 1.29 is 18.7 Å². The normalized spacial score (nSPS) is 10.7. The van der Waals surface area contributed by atoms with Gasteiger partial charge in [0.15, 0.2) is 0 Å². The lowest BCUT2D eigenvalue weighted by Crippen LogP contribution is -2.29. The highest BCUT2D eigenvalue weighted by Gasteiger charge is 2.18. The van der Waals surface area contributed by atoms with E-state index >= 15 is 0 Å². The van der Waals surface area contributed by atoms with Gasteiger partial charge in [0.1, 0.15) is 34.2 Å². The van der Waals surface area contributed by atoms with E-state index in [-0.39, 0.29) is 17.2 Å². The number of hydrogen-bond donors (Lipinski definition) is 2. The van der Waals surface area contributed by atoms with Crippen molar-refractivity contribution in [2.45, 2.75) is 0 Å². The van der Waals surface area contributed by atoms with Crippen LogP contribution < -0.4 is 20.9 Å². The van der Waals surface area contributed by atoms with Crippen LogP contribution in [-0.4, -0.2) is 33.4 Å². The summed E-state index contributed by atoms with van der Waals surface area (Å²) >= 11 is 0. The number of fused-ring (bicyclic) bond motifs is 1. The zero-order valence-corrected chi connectivity index (χ0v) is 20.0. The molecular formula is C28H20FN5O4. The molecule has 0 spiro atoms. The van der Waals surface area contributed by atoms with E-state index in [2.05, 4.69) is 20.6 Å². The second-order valence-corrected chi connectivity index (χ2v) is 8.13. The number of hydrogen-bond acceptors (Lipinski definition) is 6. The molecule has 2 aromatic carbocycles. The minimum atomic E-state index is -0.616. The maximum Gasteiger partial charge on any atom is 0.269 e. The van der Waals surface area contributed by atoms with E-state index in [4.69, 9.17) is 4.74 Å². The Balaban J connectivity index is 1.40. The molecule has 10 heteroatoms. The SMILES string of the molecule is CNC(=O)c1cc(Oc2ccc(NC(=O)c3cc4cccnc4n(-c4ccc(F)cc4)c3=O)cc2)ccn1. The van der Waals surface area contributed by atoms with E-state index < -0.39 is 17.3 Å². The average molecular weight is 509 g/mol. The quantitative estimate of drug-likeness (QED) is 0.352. The lowest BCUT2D eigenvalue weighted by molar-refractivity contribution is 0.0957. The molecule has 2 N–H and O–H groups in total. The summed E-state index contributed by atoms with van der Waals surface area (Å²) in [5.41, 5.74) is 0.677. The molecule has 188 valence electrons. The van der Waals surface area contributed by atoms with E-state index in [0.29, 0.717) is 33.9 Å². The number of carbonyl (C=O) groups is 2. The summed E-state index contributed by atoms with van der Waals surface area (Å²) in [7, 11) is 1.51. The molecule has 0 radical (unpaired) electrons. The number of aromatic nitrogens is 3. The van der Waals surface area contributed by atoms with Crippen LogP contribution in [-0.2, 0) is 0 Å². The number of benzene rings is 2. The number of carbonyl (C=O) groups excluding carboxylic acids is 2. The van der Waals surface area contributed by atoms with Crippen molar-refractivity contribution in [2.24, 2.45) is 0 Å². The number of ether oxygens (including phenoxy) is 1. The van der Waals surface area contributed by atoms with Crippen LogP contribution in [0.25, 0.3) is 16.7 Å². The number of halogens is 1. The van der Waals surface area contributed by atoms with Crippen LogP contribution in [0, 0.1) is 5.82 Å².